The maximum atomic E-state index is 13.7. The van der Waals surface area contributed by atoms with Crippen LogP contribution in [0.1, 0.15) is 90.4 Å². The predicted molar refractivity (Wildman–Crippen MR) is 183 cm³/mol. The minimum atomic E-state index is -0.752. The van der Waals surface area contributed by atoms with Crippen molar-refractivity contribution in [2.75, 3.05) is 25.4 Å². The second-order valence-corrected chi connectivity index (χ2v) is 16.2. The molecule has 3 N–H and O–H groups in total. The average molecular weight is 671 g/mol. The van der Waals surface area contributed by atoms with Crippen molar-refractivity contribution in [1.29, 1.82) is 0 Å². The first-order valence-electron chi connectivity index (χ1n) is 17.0. The van der Waals surface area contributed by atoms with Crippen molar-refractivity contribution >= 4 is 35.9 Å². The molecule has 3 aliphatic carbocycles. The lowest BCUT2D eigenvalue weighted by Crippen LogP contribution is -2.64. The number of aldehydes is 1. The number of ketones is 1. The van der Waals surface area contributed by atoms with Gasteiger partial charge in [0.15, 0.2) is 0 Å². The van der Waals surface area contributed by atoms with E-state index in [-0.39, 0.29) is 40.7 Å². The molecular formula is C37H54N2O7S. The van der Waals surface area contributed by atoms with E-state index < -0.39 is 34.7 Å². The molecule has 3 aliphatic rings. The zero-order valence-electron chi connectivity index (χ0n) is 28.9. The maximum Gasteiger partial charge on any atom is 0.407 e. The van der Waals surface area contributed by atoms with Crippen LogP contribution in [0.15, 0.2) is 41.8 Å². The molecule has 3 fully saturated rings. The van der Waals surface area contributed by atoms with E-state index in [1.165, 1.54) is 11.8 Å². The van der Waals surface area contributed by atoms with Gasteiger partial charge in [-0.05, 0) is 88.0 Å². The van der Waals surface area contributed by atoms with Crippen molar-refractivity contribution in [2.45, 2.75) is 103 Å². The van der Waals surface area contributed by atoms with Crippen LogP contribution in [0.2, 0.25) is 0 Å². The molecule has 0 spiro atoms. The number of aliphatic hydroxyl groups is 1. The van der Waals surface area contributed by atoms with Crippen LogP contribution in [0.4, 0.5) is 4.79 Å². The molecule has 0 aromatic heterocycles. The quantitative estimate of drug-likeness (QED) is 0.0763. The van der Waals surface area contributed by atoms with Gasteiger partial charge < -0.3 is 25.2 Å². The van der Waals surface area contributed by atoms with Gasteiger partial charge in [-0.15, -0.1) is 11.8 Å². The number of carbonyl (C=O) groups is 4. The molecule has 1 unspecified atom stereocenters. The Morgan fingerprint density at radius 3 is 2.51 bits per heavy atom. The molecule has 0 heterocycles. The van der Waals surface area contributed by atoms with Gasteiger partial charge in [0.05, 0.1) is 11.9 Å². The van der Waals surface area contributed by atoms with Crippen LogP contribution in [0, 0.1) is 34.0 Å². The summed E-state index contributed by atoms with van der Waals surface area (Å²) in [6.07, 6.45) is 4.68. The number of ether oxygens (including phenoxy) is 2. The molecule has 0 aliphatic heterocycles. The summed E-state index contributed by atoms with van der Waals surface area (Å²) < 4.78 is 11.8. The first kappa shape index (κ1) is 37.1. The second kappa shape index (κ2) is 14.8. The third-order valence-electron chi connectivity index (χ3n) is 11.7. The van der Waals surface area contributed by atoms with Crippen LogP contribution in [0.5, 0.6) is 0 Å². The van der Waals surface area contributed by atoms with E-state index in [1.807, 2.05) is 12.1 Å². The summed E-state index contributed by atoms with van der Waals surface area (Å²) in [5.41, 5.74) is -1.75. The number of aliphatic hydroxyl groups excluding tert-OH is 1. The fraction of sp³-hybridized carbons (Fsp3) is 0.676. The van der Waals surface area contributed by atoms with Crippen molar-refractivity contribution < 1.29 is 33.8 Å². The van der Waals surface area contributed by atoms with E-state index in [9.17, 15) is 24.3 Å². The lowest BCUT2D eigenvalue weighted by Gasteiger charge is -2.62. The second-order valence-electron chi connectivity index (χ2n) is 15.1. The molecule has 1 amide bonds. The van der Waals surface area contributed by atoms with Crippen molar-refractivity contribution in [3.8, 4) is 0 Å². The maximum absolute atomic E-state index is 13.7. The number of Topliss-reactive ketones (excluding diaryl/α,β-unsaturated/α-hetero) is 1. The van der Waals surface area contributed by atoms with Crippen LogP contribution >= 0.6 is 11.8 Å². The summed E-state index contributed by atoms with van der Waals surface area (Å²) in [5.74, 6) is -0.264. The van der Waals surface area contributed by atoms with Gasteiger partial charge in [0.1, 0.15) is 23.8 Å². The fourth-order valence-corrected chi connectivity index (χ4v) is 9.28. The number of hydrogen-bond acceptors (Lipinski definition) is 9. The molecular weight excluding hydrogens is 616 g/mol. The molecule has 10 heteroatoms. The monoisotopic (exact) mass is 670 g/mol. The zero-order chi connectivity index (χ0) is 34.6. The Balaban J connectivity index is 1.51. The molecule has 2 bridgehead atoms. The standard InChI is InChI=1S/C37H54N2O7S/c1-8-34(4,5)46-33(44)39-19-9-18-38-23-35(6)20-29(45-30(42)22-47-27-12-10-26(21-40)11-13-27)36(7)24(2)14-16-37(25(3)32(35)43)17-15-28(41)31(36)37/h8,10-13,21,24-25,29,31-32,38,43H,1,9,14-20,22-23H2,2-7H3,(H,39,44)/t24-,25+,29-,31+,32?,35-,36+,37+/m1/s1. The lowest BCUT2D eigenvalue weighted by atomic mass is 9.44. The van der Waals surface area contributed by atoms with Gasteiger partial charge in [-0.1, -0.05) is 46.4 Å². The topological polar surface area (TPSA) is 131 Å². The Bertz CT molecular complexity index is 1320. The van der Waals surface area contributed by atoms with Crippen LogP contribution in [-0.2, 0) is 19.1 Å². The molecule has 9 nitrogen and oxygen atoms in total. The third kappa shape index (κ3) is 7.81. The van der Waals surface area contributed by atoms with E-state index in [0.717, 1.165) is 30.4 Å². The molecule has 47 heavy (non-hydrogen) atoms. The highest BCUT2D eigenvalue weighted by Gasteiger charge is 2.68. The van der Waals surface area contributed by atoms with E-state index >= 15 is 0 Å². The number of thioether (sulfide) groups is 1. The van der Waals surface area contributed by atoms with E-state index in [2.05, 4.69) is 44.9 Å². The summed E-state index contributed by atoms with van der Waals surface area (Å²) in [4.78, 5) is 51.3. The van der Waals surface area contributed by atoms with Crippen LogP contribution < -0.4 is 10.6 Å². The molecule has 3 saturated carbocycles. The van der Waals surface area contributed by atoms with Gasteiger partial charge in [0.2, 0.25) is 0 Å². The fourth-order valence-electron chi connectivity index (χ4n) is 8.60. The molecule has 1 aromatic carbocycles. The Labute approximate surface area is 284 Å². The van der Waals surface area contributed by atoms with Crippen molar-refractivity contribution in [2.24, 2.45) is 34.0 Å². The normalized spacial score (nSPS) is 33.6. The predicted octanol–water partition coefficient (Wildman–Crippen LogP) is 5.98. The van der Waals surface area contributed by atoms with Gasteiger partial charge in [-0.3, -0.25) is 14.4 Å². The van der Waals surface area contributed by atoms with Crippen LogP contribution in [0.25, 0.3) is 0 Å². The van der Waals surface area contributed by atoms with E-state index in [4.69, 9.17) is 9.47 Å². The Morgan fingerprint density at radius 1 is 1.15 bits per heavy atom. The van der Waals surface area contributed by atoms with Gasteiger partial charge in [-0.2, -0.15) is 0 Å². The summed E-state index contributed by atoms with van der Waals surface area (Å²) in [5, 5.41) is 18.4. The summed E-state index contributed by atoms with van der Waals surface area (Å²) in [7, 11) is 0. The number of amides is 1. The van der Waals surface area contributed by atoms with E-state index in [1.54, 1.807) is 32.1 Å². The number of alkyl carbamates (subject to hydrolysis) is 1. The van der Waals surface area contributed by atoms with Crippen molar-refractivity contribution in [1.82, 2.24) is 10.6 Å². The lowest BCUT2D eigenvalue weighted by molar-refractivity contribution is -0.210. The molecule has 0 radical (unpaired) electrons. The van der Waals surface area contributed by atoms with Gasteiger partial charge in [0, 0.05) is 46.7 Å². The number of nitrogens with one attached hydrogen (secondary N) is 2. The minimum Gasteiger partial charge on any atom is -0.461 e. The average Bonchev–Trinajstić information content (AvgIpc) is 3.40. The van der Waals surface area contributed by atoms with Gasteiger partial charge in [0.25, 0.3) is 0 Å². The van der Waals surface area contributed by atoms with Crippen LogP contribution in [-0.4, -0.2) is 72.4 Å². The molecule has 1 aromatic rings. The third-order valence-corrected chi connectivity index (χ3v) is 12.7. The first-order chi connectivity index (χ1) is 22.1. The van der Waals surface area contributed by atoms with Crippen LogP contribution in [0.3, 0.4) is 0 Å². The number of esters is 1. The van der Waals surface area contributed by atoms with E-state index in [0.29, 0.717) is 44.5 Å². The van der Waals surface area contributed by atoms with Crippen molar-refractivity contribution in [3.63, 3.8) is 0 Å². The number of benzene rings is 1. The Morgan fingerprint density at radius 2 is 1.85 bits per heavy atom. The largest absolute Gasteiger partial charge is 0.461 e. The molecule has 4 rings (SSSR count). The highest BCUT2D eigenvalue weighted by molar-refractivity contribution is 8.00. The zero-order valence-corrected chi connectivity index (χ0v) is 29.8. The summed E-state index contributed by atoms with van der Waals surface area (Å²) in [6.45, 7) is 17.2. The first-order valence-corrected chi connectivity index (χ1v) is 18.0. The SMILES string of the molecule is C=CC(C)(C)OC(=O)NCCCNC[C@@]1(C)C[C@@H](OC(=O)CSc2ccc(C=O)cc2)[C@]2(C)[C@H](C)CC[C@]3(CCC(=O)[C@H]32)[C@@H](C)C1O. The van der Waals surface area contributed by atoms with Gasteiger partial charge in [-0.25, -0.2) is 4.79 Å². The highest BCUT2D eigenvalue weighted by Crippen LogP contribution is 2.67. The van der Waals surface area contributed by atoms with Gasteiger partial charge >= 0.3 is 12.1 Å². The smallest absolute Gasteiger partial charge is 0.407 e. The molecule has 260 valence electrons. The highest BCUT2D eigenvalue weighted by atomic mass is 32.2. The molecule has 0 saturated heterocycles. The molecule has 8 atom stereocenters. The number of hydrogen-bond donors (Lipinski definition) is 3. The van der Waals surface area contributed by atoms with Crippen molar-refractivity contribution in [3.05, 3.63) is 42.5 Å². The Kier molecular flexibility index (Phi) is 11.7. The minimum absolute atomic E-state index is 0.0957. The number of rotatable bonds is 13. The summed E-state index contributed by atoms with van der Waals surface area (Å²) in [6, 6.07) is 7.07. The Hall–Kier alpha value is -2.69. The number of carbonyl (C=O) groups excluding carboxylic acids is 4. The summed E-state index contributed by atoms with van der Waals surface area (Å²) >= 11 is 1.35.